The molecule has 0 radical (unpaired) electrons. The van der Waals surface area contributed by atoms with Crippen molar-refractivity contribution in [3.8, 4) is 0 Å². The number of hydrogen-bond donors (Lipinski definition) is 0. The lowest BCUT2D eigenvalue weighted by Gasteiger charge is -2.42. The highest BCUT2D eigenvalue weighted by molar-refractivity contribution is 6.30. The summed E-state index contributed by atoms with van der Waals surface area (Å²) in [6.07, 6.45) is 7.23. The van der Waals surface area contributed by atoms with Crippen LogP contribution < -0.4 is 0 Å². The van der Waals surface area contributed by atoms with Gasteiger partial charge in [-0.3, -0.25) is 4.79 Å². The molecule has 0 N–H and O–H groups in total. The van der Waals surface area contributed by atoms with Crippen molar-refractivity contribution < 1.29 is 9.32 Å². The number of benzene rings is 1. The molecule has 2 aromatic rings. The van der Waals surface area contributed by atoms with Crippen molar-refractivity contribution in [3.63, 3.8) is 0 Å². The third-order valence-corrected chi connectivity index (χ3v) is 6.09. The number of nitrogens with zero attached hydrogens (tertiary/aromatic N) is 3. The first-order chi connectivity index (χ1) is 13.6. The molecular weight excluding hydrogens is 374 g/mol. The van der Waals surface area contributed by atoms with Crippen LogP contribution in [0.3, 0.4) is 0 Å². The minimum Gasteiger partial charge on any atom is -0.337 e. The number of likely N-dealkylation sites (tertiary alicyclic amines) is 1. The van der Waals surface area contributed by atoms with E-state index in [1.54, 1.807) is 0 Å². The van der Waals surface area contributed by atoms with Crippen LogP contribution in [0.1, 0.15) is 80.7 Å². The molecule has 2 fully saturated rings. The summed E-state index contributed by atoms with van der Waals surface area (Å²) in [5.41, 5.74) is 1.09. The van der Waals surface area contributed by atoms with Gasteiger partial charge in [0.1, 0.15) is 6.04 Å². The maximum Gasteiger partial charge on any atom is 0.249 e. The van der Waals surface area contributed by atoms with Crippen LogP contribution >= 0.6 is 11.6 Å². The van der Waals surface area contributed by atoms with Crippen LogP contribution in [0, 0.1) is 5.92 Å². The molecule has 1 saturated carbocycles. The van der Waals surface area contributed by atoms with E-state index >= 15 is 0 Å². The second kappa shape index (κ2) is 8.08. The number of aromatic nitrogens is 2. The minimum atomic E-state index is -0.221. The largest absolute Gasteiger partial charge is 0.337 e. The number of carbonyl (C=O) groups is 1. The summed E-state index contributed by atoms with van der Waals surface area (Å²) >= 11 is 6.08. The Morgan fingerprint density at radius 3 is 2.68 bits per heavy atom. The molecule has 4 rings (SSSR count). The zero-order valence-electron chi connectivity index (χ0n) is 16.2. The van der Waals surface area contributed by atoms with Crippen molar-refractivity contribution in [2.24, 2.45) is 5.92 Å². The number of carbonyl (C=O) groups excluding carboxylic acids is 1. The summed E-state index contributed by atoms with van der Waals surface area (Å²) in [5.74, 6) is 1.86. The van der Waals surface area contributed by atoms with Gasteiger partial charge in [0.2, 0.25) is 11.8 Å². The molecule has 1 aliphatic carbocycles. The highest BCUT2D eigenvalue weighted by atomic mass is 35.5. The Morgan fingerprint density at radius 1 is 1.29 bits per heavy atom. The third-order valence-electron chi connectivity index (χ3n) is 5.84. The van der Waals surface area contributed by atoms with Crippen molar-refractivity contribution in [2.45, 2.75) is 63.5 Å². The van der Waals surface area contributed by atoms with Gasteiger partial charge in [0.25, 0.3) is 0 Å². The molecule has 2 heterocycles. The van der Waals surface area contributed by atoms with Crippen LogP contribution in [-0.2, 0) is 4.79 Å². The molecule has 1 amide bonds. The van der Waals surface area contributed by atoms with Gasteiger partial charge in [0, 0.05) is 16.9 Å². The Bertz CT molecular complexity index is 844. The summed E-state index contributed by atoms with van der Waals surface area (Å²) in [5, 5.41) is 4.87. The fourth-order valence-electron chi connectivity index (χ4n) is 4.17. The quantitative estimate of drug-likeness (QED) is 0.568. The van der Waals surface area contributed by atoms with Gasteiger partial charge in [-0.15, -0.1) is 6.58 Å². The second-order valence-electron chi connectivity index (χ2n) is 7.80. The number of piperidine rings is 1. The predicted octanol–water partition coefficient (Wildman–Crippen LogP) is 5.61. The van der Waals surface area contributed by atoms with Crippen LogP contribution in [0.15, 0.2) is 41.4 Å². The lowest BCUT2D eigenvalue weighted by atomic mass is 9.85. The van der Waals surface area contributed by atoms with E-state index < -0.39 is 0 Å². The van der Waals surface area contributed by atoms with Crippen LogP contribution in [-0.4, -0.2) is 20.9 Å². The summed E-state index contributed by atoms with van der Waals surface area (Å²) < 4.78 is 5.62. The van der Waals surface area contributed by atoms with Crippen molar-refractivity contribution in [1.29, 1.82) is 0 Å². The van der Waals surface area contributed by atoms with Gasteiger partial charge in [-0.2, -0.15) is 4.98 Å². The first-order valence-electron chi connectivity index (χ1n) is 10.1. The van der Waals surface area contributed by atoms with E-state index in [0.29, 0.717) is 23.3 Å². The highest BCUT2D eigenvalue weighted by Gasteiger charge is 2.41. The Labute approximate surface area is 170 Å². The SMILES string of the molecule is C=CC[C@H]1CCC(c2ccc(Cl)cc2)N(C(CC)c2nc(C3CC3)no2)C1=O. The molecule has 0 bridgehead atoms. The topological polar surface area (TPSA) is 59.2 Å². The Hall–Kier alpha value is -2.14. The summed E-state index contributed by atoms with van der Waals surface area (Å²) in [4.78, 5) is 20.1. The van der Waals surface area contributed by atoms with Gasteiger partial charge >= 0.3 is 0 Å². The molecule has 3 atom stereocenters. The maximum atomic E-state index is 13.5. The molecule has 5 nitrogen and oxygen atoms in total. The number of halogens is 1. The fraction of sp³-hybridized carbons (Fsp3) is 0.500. The molecule has 28 heavy (non-hydrogen) atoms. The second-order valence-corrected chi connectivity index (χ2v) is 8.24. The maximum absolute atomic E-state index is 13.5. The van der Waals surface area contributed by atoms with Gasteiger partial charge in [0.05, 0.1) is 6.04 Å². The van der Waals surface area contributed by atoms with Crippen LogP contribution in [0.2, 0.25) is 5.02 Å². The van der Waals surface area contributed by atoms with Crippen molar-refractivity contribution in [3.05, 3.63) is 59.2 Å². The summed E-state index contributed by atoms with van der Waals surface area (Å²) in [7, 11) is 0. The Kier molecular flexibility index (Phi) is 5.54. The van der Waals surface area contributed by atoms with Crippen LogP contribution in [0.25, 0.3) is 0 Å². The number of rotatable bonds is 7. The minimum absolute atomic E-state index is 0.0212. The molecule has 1 saturated heterocycles. The van der Waals surface area contributed by atoms with Crippen LogP contribution in [0.4, 0.5) is 0 Å². The Balaban J connectivity index is 1.69. The van der Waals surface area contributed by atoms with E-state index in [1.165, 1.54) is 0 Å². The third kappa shape index (κ3) is 3.72. The zero-order valence-corrected chi connectivity index (χ0v) is 16.9. The van der Waals surface area contributed by atoms with E-state index in [9.17, 15) is 4.79 Å². The summed E-state index contributed by atoms with van der Waals surface area (Å²) in [6.45, 7) is 5.89. The highest BCUT2D eigenvalue weighted by Crippen LogP contribution is 2.43. The fourth-order valence-corrected chi connectivity index (χ4v) is 4.30. The molecule has 2 aliphatic rings. The van der Waals surface area contributed by atoms with Crippen molar-refractivity contribution in [2.75, 3.05) is 0 Å². The first-order valence-corrected chi connectivity index (χ1v) is 10.5. The zero-order chi connectivity index (χ0) is 19.7. The predicted molar refractivity (Wildman–Crippen MR) is 108 cm³/mol. The van der Waals surface area contributed by atoms with Crippen molar-refractivity contribution in [1.82, 2.24) is 15.0 Å². The van der Waals surface area contributed by atoms with E-state index in [-0.39, 0.29) is 23.9 Å². The van der Waals surface area contributed by atoms with Gasteiger partial charge in [-0.05, 0) is 56.2 Å². The van der Waals surface area contributed by atoms with Gasteiger partial charge < -0.3 is 9.42 Å². The normalized spacial score (nSPS) is 23.6. The van der Waals surface area contributed by atoms with Crippen LogP contribution in [0.5, 0.6) is 0 Å². The number of amides is 1. The monoisotopic (exact) mass is 399 g/mol. The van der Waals surface area contributed by atoms with Crippen molar-refractivity contribution >= 4 is 17.5 Å². The molecule has 1 aromatic heterocycles. The van der Waals surface area contributed by atoms with Gasteiger partial charge in [0.15, 0.2) is 5.82 Å². The lowest BCUT2D eigenvalue weighted by molar-refractivity contribution is -0.146. The van der Waals surface area contributed by atoms with Gasteiger partial charge in [-0.25, -0.2) is 0 Å². The summed E-state index contributed by atoms with van der Waals surface area (Å²) in [6, 6.07) is 7.55. The average molecular weight is 400 g/mol. The average Bonchev–Trinajstić information content (AvgIpc) is 3.44. The van der Waals surface area contributed by atoms with E-state index in [1.807, 2.05) is 35.2 Å². The molecule has 1 aliphatic heterocycles. The van der Waals surface area contributed by atoms with E-state index in [2.05, 4.69) is 23.6 Å². The Morgan fingerprint density at radius 2 is 2.04 bits per heavy atom. The smallest absolute Gasteiger partial charge is 0.249 e. The van der Waals surface area contributed by atoms with E-state index in [0.717, 1.165) is 43.5 Å². The first kappa shape index (κ1) is 19.2. The standard InChI is InChI=1S/C22H26ClN3O2/c1-3-5-16-10-13-19(14-8-11-17(23)12-9-14)26(22(16)27)18(4-2)21-24-20(25-28-21)15-6-7-15/h3,8-9,11-12,15-16,18-19H,1,4-7,10,13H2,2H3/t16-,18?,19?/m0/s1. The molecule has 2 unspecified atom stereocenters. The molecule has 0 spiro atoms. The number of hydrogen-bond acceptors (Lipinski definition) is 4. The molecule has 1 aromatic carbocycles. The molecular formula is C22H26ClN3O2. The number of allylic oxidation sites excluding steroid dienone is 1. The van der Waals surface area contributed by atoms with Gasteiger partial charge in [-0.1, -0.05) is 41.9 Å². The molecule has 148 valence electrons. The van der Waals surface area contributed by atoms with E-state index in [4.69, 9.17) is 16.1 Å². The lowest BCUT2D eigenvalue weighted by Crippen LogP contribution is -2.45. The molecule has 6 heteroatoms.